The third-order valence-corrected chi connectivity index (χ3v) is 1.91. The van der Waals surface area contributed by atoms with E-state index in [-0.39, 0.29) is 11.7 Å². The van der Waals surface area contributed by atoms with Crippen LogP contribution in [0.4, 0.5) is 0 Å². The molecular weight excluding hydrogens is 190 g/mol. The third-order valence-electron chi connectivity index (χ3n) is 1.60. The normalized spacial score (nSPS) is 11.9. The van der Waals surface area contributed by atoms with E-state index in [9.17, 15) is 14.4 Å². The quantitative estimate of drug-likeness (QED) is 0.494. The zero-order valence-corrected chi connectivity index (χ0v) is 8.56. The topological polar surface area (TPSA) is 63.2 Å². The Bertz CT molecular complexity index is 213. The minimum Gasteiger partial charge on any atom is -0.356 e. The summed E-state index contributed by atoms with van der Waals surface area (Å²) < 4.78 is 0. The smallest absolute Gasteiger partial charge is 0.216 e. The maximum atomic E-state index is 10.9. The molecule has 0 aliphatic rings. The zero-order chi connectivity index (χ0) is 10.4. The Morgan fingerprint density at radius 2 is 1.85 bits per heavy atom. The first kappa shape index (κ1) is 12.2. The van der Waals surface area contributed by atoms with E-state index in [1.807, 2.05) is 0 Å². The molecule has 0 saturated heterocycles. The predicted octanol–water partition coefficient (Wildman–Crippen LogP) is 0.174. The van der Waals surface area contributed by atoms with E-state index in [0.717, 1.165) is 0 Å². The molecule has 0 aliphatic heterocycles. The van der Waals surface area contributed by atoms with E-state index < -0.39 is 11.0 Å². The number of hydrogen-bond acceptors (Lipinski definition) is 3. The first-order valence-corrected chi connectivity index (χ1v) is 4.37. The molecule has 0 aliphatic carbocycles. The van der Waals surface area contributed by atoms with E-state index in [2.05, 4.69) is 17.9 Å². The number of rotatable bonds is 5. The van der Waals surface area contributed by atoms with Gasteiger partial charge >= 0.3 is 0 Å². The molecule has 5 heteroatoms. The number of amides is 1. The van der Waals surface area contributed by atoms with Gasteiger partial charge in [0.25, 0.3) is 0 Å². The minimum atomic E-state index is -0.699. The summed E-state index contributed by atoms with van der Waals surface area (Å²) in [7, 11) is 0. The van der Waals surface area contributed by atoms with Gasteiger partial charge in [0.15, 0.2) is 5.12 Å². The average molecular weight is 203 g/mol. The highest BCUT2D eigenvalue weighted by atomic mass is 32.1. The van der Waals surface area contributed by atoms with Gasteiger partial charge in [0, 0.05) is 13.5 Å². The van der Waals surface area contributed by atoms with Crippen molar-refractivity contribution in [1.29, 1.82) is 0 Å². The van der Waals surface area contributed by atoms with Crippen LogP contribution in [0.1, 0.15) is 20.3 Å². The molecule has 0 saturated carbocycles. The SMILES string of the molecule is CC(=O)NCC[C@@H](C(C)=O)C(=O)S. The predicted molar refractivity (Wildman–Crippen MR) is 51.5 cm³/mol. The fourth-order valence-electron chi connectivity index (χ4n) is 0.893. The Morgan fingerprint density at radius 3 is 2.15 bits per heavy atom. The molecule has 0 spiro atoms. The van der Waals surface area contributed by atoms with Crippen LogP contribution in [-0.4, -0.2) is 23.4 Å². The highest BCUT2D eigenvalue weighted by molar-refractivity contribution is 7.96. The second-order valence-corrected chi connectivity index (χ2v) is 3.21. The Morgan fingerprint density at radius 1 is 1.31 bits per heavy atom. The maximum absolute atomic E-state index is 10.9. The van der Waals surface area contributed by atoms with Crippen LogP contribution in [0.3, 0.4) is 0 Å². The molecule has 0 bridgehead atoms. The van der Waals surface area contributed by atoms with Gasteiger partial charge in [0.2, 0.25) is 5.91 Å². The number of ketones is 1. The first-order valence-electron chi connectivity index (χ1n) is 3.93. The van der Waals surface area contributed by atoms with Crippen LogP contribution in [-0.2, 0) is 14.4 Å². The van der Waals surface area contributed by atoms with Gasteiger partial charge in [-0.3, -0.25) is 14.4 Å². The van der Waals surface area contributed by atoms with E-state index in [1.165, 1.54) is 13.8 Å². The van der Waals surface area contributed by atoms with Gasteiger partial charge in [0.1, 0.15) is 5.78 Å². The lowest BCUT2D eigenvalue weighted by atomic mass is 10.0. The van der Waals surface area contributed by atoms with Crippen molar-refractivity contribution < 1.29 is 14.4 Å². The molecule has 0 aromatic heterocycles. The Hall–Kier alpha value is -0.840. The molecule has 1 amide bonds. The summed E-state index contributed by atoms with van der Waals surface area (Å²) in [5.41, 5.74) is 0. The minimum absolute atomic E-state index is 0.172. The summed E-state index contributed by atoms with van der Waals surface area (Å²) in [6.07, 6.45) is 0.317. The van der Waals surface area contributed by atoms with Crippen LogP contribution in [0.2, 0.25) is 0 Å². The number of Topliss-reactive ketones (excluding diaryl/α,β-unsaturated/α-hetero) is 1. The van der Waals surface area contributed by atoms with Gasteiger partial charge in [-0.05, 0) is 13.3 Å². The van der Waals surface area contributed by atoms with Crippen molar-refractivity contribution in [3.8, 4) is 0 Å². The molecule has 74 valence electrons. The lowest BCUT2D eigenvalue weighted by Crippen LogP contribution is -2.27. The molecule has 0 radical (unpaired) electrons. The van der Waals surface area contributed by atoms with Gasteiger partial charge in [-0.2, -0.15) is 0 Å². The second-order valence-electron chi connectivity index (χ2n) is 2.77. The van der Waals surface area contributed by atoms with Crippen molar-refractivity contribution in [2.75, 3.05) is 6.54 Å². The number of hydrogen-bond donors (Lipinski definition) is 2. The van der Waals surface area contributed by atoms with Crippen molar-refractivity contribution in [3.63, 3.8) is 0 Å². The first-order chi connectivity index (χ1) is 5.95. The van der Waals surface area contributed by atoms with Gasteiger partial charge in [0.05, 0.1) is 5.92 Å². The summed E-state index contributed by atoms with van der Waals surface area (Å²) in [5, 5.41) is 2.06. The molecular formula is C8H13NO3S. The van der Waals surface area contributed by atoms with Crippen LogP contribution < -0.4 is 5.32 Å². The van der Waals surface area contributed by atoms with Crippen LogP contribution in [0, 0.1) is 5.92 Å². The van der Waals surface area contributed by atoms with E-state index >= 15 is 0 Å². The fourth-order valence-corrected chi connectivity index (χ4v) is 1.20. The molecule has 13 heavy (non-hydrogen) atoms. The van der Waals surface area contributed by atoms with Crippen molar-refractivity contribution >= 4 is 29.4 Å². The van der Waals surface area contributed by atoms with Crippen LogP contribution in [0.5, 0.6) is 0 Å². The molecule has 0 unspecified atom stereocenters. The molecule has 0 heterocycles. The number of carbonyl (C=O) groups excluding carboxylic acids is 3. The van der Waals surface area contributed by atoms with Gasteiger partial charge in [-0.15, -0.1) is 12.6 Å². The molecule has 1 N–H and O–H groups in total. The monoisotopic (exact) mass is 203 g/mol. The van der Waals surface area contributed by atoms with Crippen molar-refractivity contribution in [2.45, 2.75) is 20.3 Å². The average Bonchev–Trinajstić information content (AvgIpc) is 1.95. The van der Waals surface area contributed by atoms with Crippen LogP contribution >= 0.6 is 12.6 Å². The van der Waals surface area contributed by atoms with E-state index in [1.54, 1.807) is 0 Å². The van der Waals surface area contributed by atoms with E-state index in [4.69, 9.17) is 0 Å². The summed E-state index contributed by atoms with van der Waals surface area (Å²) in [6, 6.07) is 0. The standard InChI is InChI=1S/C8H13NO3S/c1-5(10)7(8(12)13)3-4-9-6(2)11/h7H,3-4H2,1-2H3,(H,9,11)(H,12,13)/t7-/m0/s1. The Balaban J connectivity index is 3.91. The fraction of sp³-hybridized carbons (Fsp3) is 0.625. The Labute approximate surface area is 82.5 Å². The third kappa shape index (κ3) is 5.41. The highest BCUT2D eigenvalue weighted by Gasteiger charge is 2.19. The second kappa shape index (κ2) is 5.75. The maximum Gasteiger partial charge on any atom is 0.216 e. The Kier molecular flexibility index (Phi) is 5.37. The summed E-state index contributed by atoms with van der Waals surface area (Å²) in [6.45, 7) is 3.05. The summed E-state index contributed by atoms with van der Waals surface area (Å²) in [5.74, 6) is -1.09. The van der Waals surface area contributed by atoms with Gasteiger partial charge in [-0.1, -0.05) is 0 Å². The van der Waals surface area contributed by atoms with Crippen molar-refractivity contribution in [3.05, 3.63) is 0 Å². The van der Waals surface area contributed by atoms with Crippen LogP contribution in [0.15, 0.2) is 0 Å². The van der Waals surface area contributed by atoms with Crippen molar-refractivity contribution in [1.82, 2.24) is 5.32 Å². The largest absolute Gasteiger partial charge is 0.356 e. The molecule has 1 atom stereocenters. The van der Waals surface area contributed by atoms with Gasteiger partial charge in [-0.25, -0.2) is 0 Å². The van der Waals surface area contributed by atoms with E-state index in [0.29, 0.717) is 13.0 Å². The summed E-state index contributed by atoms with van der Waals surface area (Å²) in [4.78, 5) is 32.1. The van der Waals surface area contributed by atoms with Crippen LogP contribution in [0.25, 0.3) is 0 Å². The lowest BCUT2D eigenvalue weighted by Gasteiger charge is -2.08. The molecule has 4 nitrogen and oxygen atoms in total. The molecule has 0 aromatic rings. The highest BCUT2D eigenvalue weighted by Crippen LogP contribution is 2.07. The lowest BCUT2D eigenvalue weighted by molar-refractivity contribution is -0.127. The summed E-state index contributed by atoms with van der Waals surface area (Å²) >= 11 is 3.58. The van der Waals surface area contributed by atoms with Gasteiger partial charge < -0.3 is 5.32 Å². The molecule has 0 fully saturated rings. The molecule has 0 rings (SSSR count). The number of nitrogens with one attached hydrogen (secondary N) is 1. The number of carbonyl (C=O) groups is 3. The molecule has 0 aromatic carbocycles. The van der Waals surface area contributed by atoms with Crippen molar-refractivity contribution in [2.24, 2.45) is 5.92 Å². The zero-order valence-electron chi connectivity index (χ0n) is 7.66. The number of thiol groups is 1.